The highest BCUT2D eigenvalue weighted by atomic mass is 32.1. The molecule has 1 aliphatic rings. The molecule has 1 aliphatic heterocycles. The highest BCUT2D eigenvalue weighted by Gasteiger charge is 2.27. The van der Waals surface area contributed by atoms with E-state index in [0.717, 1.165) is 46.2 Å². The summed E-state index contributed by atoms with van der Waals surface area (Å²) in [5, 5.41) is 4.00. The van der Waals surface area contributed by atoms with Gasteiger partial charge < -0.3 is 19.7 Å². The molecule has 1 aromatic carbocycles. The number of anilines is 1. The lowest BCUT2D eigenvalue weighted by atomic mass is 9.97. The number of pyridine rings is 1. The smallest absolute Gasteiger partial charge is 0.225 e. The summed E-state index contributed by atoms with van der Waals surface area (Å²) in [6.45, 7) is 2.01. The zero-order chi connectivity index (χ0) is 20.2. The van der Waals surface area contributed by atoms with Gasteiger partial charge >= 0.3 is 0 Å². The highest BCUT2D eigenvalue weighted by molar-refractivity contribution is 7.21. The van der Waals surface area contributed by atoms with E-state index in [1.807, 2.05) is 30.3 Å². The standard InChI is InChI=1S/C21H24N4O3S/c1-27-16-8-7-14(18(11-16)28-2)12-23-19(26)15-5-4-10-25(13-15)21-24-17-6-3-9-22-20(17)29-21/h3,6-9,11,15H,4-5,10,12-13H2,1-2H3,(H,23,26)/t15-/m1/s1. The van der Waals surface area contributed by atoms with Crippen molar-refractivity contribution in [1.82, 2.24) is 15.3 Å². The summed E-state index contributed by atoms with van der Waals surface area (Å²) in [7, 11) is 3.23. The number of nitrogens with zero attached hydrogens (tertiary/aromatic N) is 3. The zero-order valence-electron chi connectivity index (χ0n) is 16.6. The molecule has 0 radical (unpaired) electrons. The van der Waals surface area contributed by atoms with Gasteiger partial charge in [0.2, 0.25) is 5.91 Å². The molecule has 0 saturated carbocycles. The molecule has 0 bridgehead atoms. The number of benzene rings is 1. The van der Waals surface area contributed by atoms with Crippen molar-refractivity contribution in [1.29, 1.82) is 0 Å². The number of hydrogen-bond acceptors (Lipinski definition) is 7. The monoisotopic (exact) mass is 412 g/mol. The minimum Gasteiger partial charge on any atom is -0.497 e. The first-order valence-electron chi connectivity index (χ1n) is 9.63. The van der Waals surface area contributed by atoms with Crippen LogP contribution in [0.25, 0.3) is 10.3 Å². The average molecular weight is 413 g/mol. The van der Waals surface area contributed by atoms with E-state index in [1.54, 1.807) is 31.8 Å². The molecule has 29 heavy (non-hydrogen) atoms. The molecule has 3 heterocycles. The van der Waals surface area contributed by atoms with Gasteiger partial charge in [-0.2, -0.15) is 0 Å². The van der Waals surface area contributed by atoms with Crippen LogP contribution < -0.4 is 19.7 Å². The topological polar surface area (TPSA) is 76.6 Å². The molecule has 152 valence electrons. The molecule has 1 atom stereocenters. The number of amides is 1. The van der Waals surface area contributed by atoms with E-state index in [1.165, 1.54) is 0 Å². The maximum absolute atomic E-state index is 12.8. The molecule has 0 spiro atoms. The molecule has 1 N–H and O–H groups in total. The van der Waals surface area contributed by atoms with Crippen molar-refractivity contribution in [3.05, 3.63) is 42.1 Å². The van der Waals surface area contributed by atoms with Gasteiger partial charge in [-0.05, 0) is 37.1 Å². The van der Waals surface area contributed by atoms with Gasteiger partial charge in [-0.25, -0.2) is 9.97 Å². The fourth-order valence-electron chi connectivity index (χ4n) is 3.58. The van der Waals surface area contributed by atoms with Crippen LogP contribution in [0, 0.1) is 5.92 Å². The molecular weight excluding hydrogens is 388 g/mol. The van der Waals surface area contributed by atoms with Gasteiger partial charge in [0, 0.05) is 37.5 Å². The van der Waals surface area contributed by atoms with Crippen LogP contribution in [0.15, 0.2) is 36.5 Å². The second-order valence-electron chi connectivity index (χ2n) is 7.00. The van der Waals surface area contributed by atoms with E-state index in [4.69, 9.17) is 9.47 Å². The van der Waals surface area contributed by atoms with Gasteiger partial charge in [0.15, 0.2) is 5.13 Å². The van der Waals surface area contributed by atoms with Crippen LogP contribution in [-0.2, 0) is 11.3 Å². The van der Waals surface area contributed by atoms with Crippen molar-refractivity contribution >= 4 is 32.7 Å². The normalized spacial score (nSPS) is 16.6. The van der Waals surface area contributed by atoms with Crippen LogP contribution in [0.4, 0.5) is 5.13 Å². The second kappa shape index (κ2) is 8.65. The minimum atomic E-state index is -0.0621. The first-order chi connectivity index (χ1) is 14.2. The van der Waals surface area contributed by atoms with E-state index in [0.29, 0.717) is 18.8 Å². The van der Waals surface area contributed by atoms with Crippen molar-refractivity contribution < 1.29 is 14.3 Å². The molecule has 7 nitrogen and oxygen atoms in total. The lowest BCUT2D eigenvalue weighted by Crippen LogP contribution is -2.43. The van der Waals surface area contributed by atoms with Gasteiger partial charge in [0.05, 0.1) is 20.1 Å². The number of thiazole rings is 1. The Labute approximate surface area is 173 Å². The van der Waals surface area contributed by atoms with Crippen molar-refractivity contribution in [2.24, 2.45) is 5.92 Å². The van der Waals surface area contributed by atoms with E-state index in [-0.39, 0.29) is 11.8 Å². The number of rotatable bonds is 6. The van der Waals surface area contributed by atoms with Crippen molar-refractivity contribution in [3.63, 3.8) is 0 Å². The number of hydrogen-bond donors (Lipinski definition) is 1. The lowest BCUT2D eigenvalue weighted by Gasteiger charge is -2.31. The van der Waals surface area contributed by atoms with Crippen LogP contribution in [0.5, 0.6) is 11.5 Å². The molecule has 4 rings (SSSR count). The number of carbonyl (C=O) groups is 1. The molecule has 1 saturated heterocycles. The third-order valence-electron chi connectivity index (χ3n) is 5.17. The Hall–Kier alpha value is -2.87. The van der Waals surface area contributed by atoms with Crippen LogP contribution in [-0.4, -0.2) is 43.2 Å². The number of methoxy groups -OCH3 is 2. The summed E-state index contributed by atoms with van der Waals surface area (Å²) in [6.07, 6.45) is 3.63. The van der Waals surface area contributed by atoms with E-state index in [2.05, 4.69) is 20.2 Å². The number of carbonyl (C=O) groups excluding carboxylic acids is 1. The Morgan fingerprint density at radius 2 is 2.21 bits per heavy atom. The molecule has 0 aliphatic carbocycles. The third kappa shape index (κ3) is 4.27. The number of piperidine rings is 1. The molecular formula is C21H24N4O3S. The molecule has 0 unspecified atom stereocenters. The van der Waals surface area contributed by atoms with E-state index < -0.39 is 0 Å². The van der Waals surface area contributed by atoms with E-state index in [9.17, 15) is 4.79 Å². The molecule has 3 aromatic rings. The van der Waals surface area contributed by atoms with Crippen molar-refractivity contribution in [3.8, 4) is 11.5 Å². The number of ether oxygens (including phenoxy) is 2. The van der Waals surface area contributed by atoms with Crippen LogP contribution >= 0.6 is 11.3 Å². The first kappa shape index (κ1) is 19.4. The SMILES string of the molecule is COc1ccc(CNC(=O)[C@@H]2CCCN(c3nc4cccnc4s3)C2)c(OC)c1. The summed E-state index contributed by atoms with van der Waals surface area (Å²) in [6, 6.07) is 9.47. The summed E-state index contributed by atoms with van der Waals surface area (Å²) >= 11 is 1.58. The largest absolute Gasteiger partial charge is 0.497 e. The summed E-state index contributed by atoms with van der Waals surface area (Å²) in [4.78, 5) is 25.0. The Bertz CT molecular complexity index is 974. The third-order valence-corrected chi connectivity index (χ3v) is 6.21. The second-order valence-corrected chi connectivity index (χ2v) is 7.96. The predicted octanol–water partition coefficient (Wildman–Crippen LogP) is 3.24. The van der Waals surface area contributed by atoms with Crippen LogP contribution in [0.3, 0.4) is 0 Å². The molecule has 1 fully saturated rings. The van der Waals surface area contributed by atoms with Crippen LogP contribution in [0.1, 0.15) is 18.4 Å². The maximum Gasteiger partial charge on any atom is 0.225 e. The minimum absolute atomic E-state index is 0.0619. The number of nitrogens with one attached hydrogen (secondary N) is 1. The quantitative estimate of drug-likeness (QED) is 0.670. The number of fused-ring (bicyclic) bond motifs is 1. The highest BCUT2D eigenvalue weighted by Crippen LogP contribution is 2.30. The number of aromatic nitrogens is 2. The zero-order valence-corrected chi connectivity index (χ0v) is 17.4. The fraction of sp³-hybridized carbons (Fsp3) is 0.381. The molecule has 8 heteroatoms. The lowest BCUT2D eigenvalue weighted by molar-refractivity contribution is -0.125. The Balaban J connectivity index is 1.40. The van der Waals surface area contributed by atoms with Crippen LogP contribution in [0.2, 0.25) is 0 Å². The van der Waals surface area contributed by atoms with Crippen molar-refractivity contribution in [2.75, 3.05) is 32.2 Å². The van der Waals surface area contributed by atoms with Gasteiger partial charge in [0.25, 0.3) is 0 Å². The first-order valence-corrected chi connectivity index (χ1v) is 10.4. The Morgan fingerprint density at radius 3 is 3.00 bits per heavy atom. The van der Waals surface area contributed by atoms with Gasteiger partial charge in [-0.15, -0.1) is 0 Å². The summed E-state index contributed by atoms with van der Waals surface area (Å²) < 4.78 is 10.6. The predicted molar refractivity (Wildman–Crippen MR) is 114 cm³/mol. The molecule has 2 aromatic heterocycles. The van der Waals surface area contributed by atoms with Gasteiger partial charge in [0.1, 0.15) is 21.8 Å². The van der Waals surface area contributed by atoms with Gasteiger partial charge in [-0.3, -0.25) is 4.79 Å². The van der Waals surface area contributed by atoms with Crippen molar-refractivity contribution in [2.45, 2.75) is 19.4 Å². The summed E-state index contributed by atoms with van der Waals surface area (Å²) in [5.74, 6) is 1.43. The summed E-state index contributed by atoms with van der Waals surface area (Å²) in [5.41, 5.74) is 1.83. The van der Waals surface area contributed by atoms with Gasteiger partial charge in [-0.1, -0.05) is 11.3 Å². The molecule has 1 amide bonds. The Morgan fingerprint density at radius 1 is 1.31 bits per heavy atom. The Kier molecular flexibility index (Phi) is 5.80. The fourth-order valence-corrected chi connectivity index (χ4v) is 4.53. The van der Waals surface area contributed by atoms with E-state index >= 15 is 0 Å². The average Bonchev–Trinajstić information content (AvgIpc) is 3.22. The maximum atomic E-state index is 12.8.